The zero-order valence-corrected chi connectivity index (χ0v) is 10.8. The summed E-state index contributed by atoms with van der Waals surface area (Å²) < 4.78 is 4.96. The number of hydrogen-bond acceptors (Lipinski definition) is 4. The highest BCUT2D eigenvalue weighted by Gasteiger charge is 2.07. The fourth-order valence-electron chi connectivity index (χ4n) is 1.60. The highest BCUT2D eigenvalue weighted by Crippen LogP contribution is 2.04. The third-order valence-electron chi connectivity index (χ3n) is 2.58. The molecule has 2 heterocycles. The van der Waals surface area contributed by atoms with Gasteiger partial charge in [-0.2, -0.15) is 0 Å². The minimum absolute atomic E-state index is 0.0940. The van der Waals surface area contributed by atoms with E-state index in [2.05, 4.69) is 15.6 Å². The first-order valence-corrected chi connectivity index (χ1v) is 6.27. The Bertz CT molecular complexity index is 552. The van der Waals surface area contributed by atoms with Crippen molar-refractivity contribution in [2.75, 3.05) is 11.9 Å². The average molecular weight is 273 g/mol. The number of pyridine rings is 1. The molecule has 0 radical (unpaired) electrons. The molecule has 2 rings (SSSR count). The molecule has 0 aromatic carbocycles. The second kappa shape index (κ2) is 7.08. The molecule has 6 heteroatoms. The molecule has 6 nitrogen and oxygen atoms in total. The number of anilines is 1. The first kappa shape index (κ1) is 13.8. The first-order valence-electron chi connectivity index (χ1n) is 6.27. The Morgan fingerprint density at radius 3 is 2.70 bits per heavy atom. The van der Waals surface area contributed by atoms with Crippen molar-refractivity contribution in [1.82, 2.24) is 10.3 Å². The number of carbonyl (C=O) groups excluding carboxylic acids is 2. The lowest BCUT2D eigenvalue weighted by atomic mass is 10.2. The van der Waals surface area contributed by atoms with E-state index in [1.165, 1.54) is 6.26 Å². The standard InChI is InChI=1S/C14H15N3O3/c18-13(17-11-5-8-15-9-6-11)4-1-7-16-14(19)12-3-2-10-20-12/h2-3,5-6,8-10H,1,4,7H2,(H,16,19)(H,15,17,18). The van der Waals surface area contributed by atoms with Gasteiger partial charge in [0, 0.05) is 31.0 Å². The Kier molecular flexibility index (Phi) is 4.88. The molecule has 104 valence electrons. The van der Waals surface area contributed by atoms with Gasteiger partial charge in [0.05, 0.1) is 6.26 Å². The summed E-state index contributed by atoms with van der Waals surface area (Å²) in [7, 11) is 0. The molecule has 0 fully saturated rings. The molecule has 2 N–H and O–H groups in total. The van der Waals surface area contributed by atoms with Gasteiger partial charge in [0.2, 0.25) is 5.91 Å². The van der Waals surface area contributed by atoms with Gasteiger partial charge in [-0.05, 0) is 30.7 Å². The third kappa shape index (κ3) is 4.24. The van der Waals surface area contributed by atoms with Gasteiger partial charge in [-0.1, -0.05) is 0 Å². The van der Waals surface area contributed by atoms with E-state index < -0.39 is 0 Å². The zero-order valence-electron chi connectivity index (χ0n) is 10.8. The van der Waals surface area contributed by atoms with Crippen LogP contribution in [-0.4, -0.2) is 23.3 Å². The molecule has 20 heavy (non-hydrogen) atoms. The van der Waals surface area contributed by atoms with E-state index in [9.17, 15) is 9.59 Å². The molecule has 0 aliphatic heterocycles. The van der Waals surface area contributed by atoms with E-state index in [4.69, 9.17) is 4.42 Å². The summed E-state index contributed by atoms with van der Waals surface area (Å²) in [6.45, 7) is 0.420. The lowest BCUT2D eigenvalue weighted by Crippen LogP contribution is -2.25. The zero-order chi connectivity index (χ0) is 14.2. The van der Waals surface area contributed by atoms with Crippen molar-refractivity contribution in [1.29, 1.82) is 0 Å². The van der Waals surface area contributed by atoms with Gasteiger partial charge in [0.1, 0.15) is 0 Å². The molecular formula is C14H15N3O3. The Hall–Kier alpha value is -2.63. The largest absolute Gasteiger partial charge is 0.459 e. The van der Waals surface area contributed by atoms with Gasteiger partial charge in [-0.3, -0.25) is 14.6 Å². The van der Waals surface area contributed by atoms with Gasteiger partial charge in [-0.25, -0.2) is 0 Å². The Labute approximate surface area is 116 Å². The van der Waals surface area contributed by atoms with Crippen LogP contribution in [0, 0.1) is 0 Å². The lowest BCUT2D eigenvalue weighted by Gasteiger charge is -2.05. The molecule has 0 aliphatic carbocycles. The van der Waals surface area contributed by atoms with Gasteiger partial charge >= 0.3 is 0 Å². The monoisotopic (exact) mass is 273 g/mol. The third-order valence-corrected chi connectivity index (χ3v) is 2.58. The predicted molar refractivity (Wildman–Crippen MR) is 73.1 cm³/mol. The SMILES string of the molecule is O=C(CCCNC(=O)c1ccco1)Nc1ccncc1. The molecule has 0 saturated heterocycles. The van der Waals surface area contributed by atoms with Crippen LogP contribution in [0.3, 0.4) is 0 Å². The molecule has 0 atom stereocenters. The van der Waals surface area contributed by atoms with Crippen molar-refractivity contribution >= 4 is 17.5 Å². The van der Waals surface area contributed by atoms with Crippen LogP contribution in [0.25, 0.3) is 0 Å². The highest BCUT2D eigenvalue weighted by molar-refractivity contribution is 5.92. The molecule has 0 spiro atoms. The van der Waals surface area contributed by atoms with Crippen molar-refractivity contribution < 1.29 is 14.0 Å². The van der Waals surface area contributed by atoms with Crippen molar-refractivity contribution in [3.05, 3.63) is 48.7 Å². The number of carbonyl (C=O) groups is 2. The number of nitrogens with zero attached hydrogens (tertiary/aromatic N) is 1. The van der Waals surface area contributed by atoms with Gasteiger partial charge in [-0.15, -0.1) is 0 Å². The number of hydrogen-bond donors (Lipinski definition) is 2. The fourth-order valence-corrected chi connectivity index (χ4v) is 1.60. The van der Waals surface area contributed by atoms with Crippen molar-refractivity contribution in [3.63, 3.8) is 0 Å². The molecule has 2 amide bonds. The van der Waals surface area contributed by atoms with Gasteiger partial charge in [0.15, 0.2) is 5.76 Å². The summed E-state index contributed by atoms with van der Waals surface area (Å²) in [5, 5.41) is 5.43. The summed E-state index contributed by atoms with van der Waals surface area (Å²) in [5.74, 6) is -0.0979. The lowest BCUT2D eigenvalue weighted by molar-refractivity contribution is -0.116. The molecule has 0 saturated carbocycles. The molecule has 0 bridgehead atoms. The van der Waals surface area contributed by atoms with Crippen LogP contribution >= 0.6 is 0 Å². The van der Waals surface area contributed by atoms with Gasteiger partial charge in [0.25, 0.3) is 5.91 Å². The van der Waals surface area contributed by atoms with E-state index >= 15 is 0 Å². The summed E-state index contributed by atoms with van der Waals surface area (Å²) in [6.07, 6.45) is 5.56. The number of rotatable bonds is 6. The molecule has 2 aromatic rings. The predicted octanol–water partition coefficient (Wildman–Crippen LogP) is 1.82. The molecule has 2 aromatic heterocycles. The van der Waals surface area contributed by atoms with Crippen LogP contribution in [0.5, 0.6) is 0 Å². The summed E-state index contributed by atoms with van der Waals surface area (Å²) in [6, 6.07) is 6.68. The smallest absolute Gasteiger partial charge is 0.286 e. The second-order valence-corrected chi connectivity index (χ2v) is 4.12. The van der Waals surface area contributed by atoms with E-state index in [0.717, 1.165) is 0 Å². The van der Waals surface area contributed by atoms with Gasteiger partial charge < -0.3 is 15.1 Å². The number of aromatic nitrogens is 1. The number of furan rings is 1. The van der Waals surface area contributed by atoms with Crippen molar-refractivity contribution in [2.24, 2.45) is 0 Å². The minimum Gasteiger partial charge on any atom is -0.459 e. The number of nitrogens with one attached hydrogen (secondary N) is 2. The average Bonchev–Trinajstić information content (AvgIpc) is 2.99. The van der Waals surface area contributed by atoms with Crippen molar-refractivity contribution in [3.8, 4) is 0 Å². The van der Waals surface area contributed by atoms with E-state index in [-0.39, 0.29) is 17.6 Å². The summed E-state index contributed by atoms with van der Waals surface area (Å²) in [4.78, 5) is 27.0. The fraction of sp³-hybridized carbons (Fsp3) is 0.214. The van der Waals surface area contributed by atoms with E-state index in [0.29, 0.717) is 25.1 Å². The maximum absolute atomic E-state index is 11.6. The summed E-state index contributed by atoms with van der Waals surface area (Å²) >= 11 is 0. The Morgan fingerprint density at radius 1 is 1.20 bits per heavy atom. The first-order chi connectivity index (χ1) is 9.75. The normalized spacial score (nSPS) is 10.0. The topological polar surface area (TPSA) is 84.2 Å². The van der Waals surface area contributed by atoms with E-state index in [1.807, 2.05) is 0 Å². The maximum atomic E-state index is 11.6. The van der Waals surface area contributed by atoms with Crippen LogP contribution < -0.4 is 10.6 Å². The quantitative estimate of drug-likeness (QED) is 0.786. The highest BCUT2D eigenvalue weighted by atomic mass is 16.3. The number of amides is 2. The van der Waals surface area contributed by atoms with Crippen LogP contribution in [0.4, 0.5) is 5.69 Å². The molecule has 0 aliphatic rings. The minimum atomic E-state index is -0.274. The second-order valence-electron chi connectivity index (χ2n) is 4.12. The van der Waals surface area contributed by atoms with Crippen LogP contribution in [-0.2, 0) is 4.79 Å². The summed E-state index contributed by atoms with van der Waals surface area (Å²) in [5.41, 5.74) is 0.713. The maximum Gasteiger partial charge on any atom is 0.286 e. The molecule has 0 unspecified atom stereocenters. The molecular weight excluding hydrogens is 258 g/mol. The Balaban J connectivity index is 1.64. The van der Waals surface area contributed by atoms with E-state index in [1.54, 1.807) is 36.7 Å². The van der Waals surface area contributed by atoms with Crippen LogP contribution in [0.2, 0.25) is 0 Å². The van der Waals surface area contributed by atoms with Crippen molar-refractivity contribution in [2.45, 2.75) is 12.8 Å². The Morgan fingerprint density at radius 2 is 2.00 bits per heavy atom. The van der Waals surface area contributed by atoms with Crippen LogP contribution in [0.15, 0.2) is 47.3 Å². The van der Waals surface area contributed by atoms with Crippen LogP contribution in [0.1, 0.15) is 23.4 Å².